The Morgan fingerprint density at radius 1 is 1.27 bits per heavy atom. The van der Waals surface area contributed by atoms with E-state index in [0.29, 0.717) is 12.8 Å². The SMILES string of the molecule is Cl.O=P(O)(O)C1CCNCC1. The highest BCUT2D eigenvalue weighted by Crippen LogP contribution is 2.44. The van der Waals surface area contributed by atoms with Crippen molar-refractivity contribution < 1.29 is 14.4 Å². The zero-order valence-corrected chi connectivity index (χ0v) is 7.77. The first-order valence-electron chi connectivity index (χ1n) is 3.36. The predicted molar refractivity (Wildman–Crippen MR) is 45.2 cm³/mol. The molecule has 1 aliphatic heterocycles. The molecule has 0 spiro atoms. The first-order valence-corrected chi connectivity index (χ1v) is 5.05. The van der Waals surface area contributed by atoms with Crippen molar-refractivity contribution in [1.29, 1.82) is 0 Å². The summed E-state index contributed by atoms with van der Waals surface area (Å²) in [5.74, 6) is 0. The van der Waals surface area contributed by atoms with Crippen molar-refractivity contribution in [3.8, 4) is 0 Å². The third kappa shape index (κ3) is 3.54. The van der Waals surface area contributed by atoms with Crippen molar-refractivity contribution >= 4 is 20.0 Å². The Kier molecular flexibility index (Phi) is 4.59. The molecular formula is C5H13ClNO3P. The minimum Gasteiger partial charge on any atom is -0.324 e. The number of nitrogens with one attached hydrogen (secondary N) is 1. The lowest BCUT2D eigenvalue weighted by Gasteiger charge is -2.22. The van der Waals surface area contributed by atoms with E-state index in [1.54, 1.807) is 0 Å². The summed E-state index contributed by atoms with van der Waals surface area (Å²) in [5, 5.41) is 3.04. The van der Waals surface area contributed by atoms with E-state index in [0.717, 1.165) is 13.1 Å². The minimum atomic E-state index is -3.78. The van der Waals surface area contributed by atoms with Gasteiger partial charge >= 0.3 is 7.60 Å². The maximum Gasteiger partial charge on any atom is 0.328 e. The van der Waals surface area contributed by atoms with Gasteiger partial charge in [0.2, 0.25) is 0 Å². The Bertz CT molecular complexity index is 154. The van der Waals surface area contributed by atoms with Crippen LogP contribution in [-0.4, -0.2) is 28.5 Å². The fraction of sp³-hybridized carbons (Fsp3) is 1.00. The molecule has 0 atom stereocenters. The number of halogens is 1. The van der Waals surface area contributed by atoms with Crippen molar-refractivity contribution in [2.45, 2.75) is 18.5 Å². The van der Waals surface area contributed by atoms with E-state index >= 15 is 0 Å². The standard InChI is InChI=1S/C5H12NO3P.ClH/c7-10(8,9)5-1-3-6-4-2-5;/h5-6H,1-4H2,(H2,7,8,9);1H. The van der Waals surface area contributed by atoms with Crippen LogP contribution in [-0.2, 0) is 4.57 Å². The van der Waals surface area contributed by atoms with E-state index in [-0.39, 0.29) is 12.4 Å². The Balaban J connectivity index is 0.000001000. The van der Waals surface area contributed by atoms with Gasteiger partial charge in [0.15, 0.2) is 0 Å². The predicted octanol–water partition coefficient (Wildman–Crippen LogP) is 0.338. The van der Waals surface area contributed by atoms with Gasteiger partial charge in [0.05, 0.1) is 5.66 Å². The Hall–Kier alpha value is 0.400. The molecule has 1 heterocycles. The van der Waals surface area contributed by atoms with Gasteiger partial charge in [-0.25, -0.2) is 0 Å². The summed E-state index contributed by atoms with van der Waals surface area (Å²) in [5.41, 5.74) is -0.395. The molecule has 0 unspecified atom stereocenters. The molecule has 0 aromatic heterocycles. The summed E-state index contributed by atoms with van der Waals surface area (Å²) in [6.45, 7) is 1.46. The van der Waals surface area contributed by atoms with Gasteiger partial charge in [-0.1, -0.05) is 0 Å². The summed E-state index contributed by atoms with van der Waals surface area (Å²) in [7, 11) is -3.78. The molecule has 0 radical (unpaired) electrons. The highest BCUT2D eigenvalue weighted by atomic mass is 35.5. The van der Waals surface area contributed by atoms with Crippen molar-refractivity contribution in [1.82, 2.24) is 5.32 Å². The van der Waals surface area contributed by atoms with Gasteiger partial charge in [0.25, 0.3) is 0 Å². The molecule has 6 heteroatoms. The summed E-state index contributed by atoms with van der Waals surface area (Å²) < 4.78 is 10.7. The van der Waals surface area contributed by atoms with Crippen LogP contribution >= 0.6 is 20.0 Å². The molecule has 1 saturated heterocycles. The molecule has 0 aliphatic carbocycles. The molecule has 1 aliphatic rings. The van der Waals surface area contributed by atoms with Crippen LogP contribution in [0, 0.1) is 0 Å². The first-order chi connectivity index (χ1) is 4.61. The van der Waals surface area contributed by atoms with Gasteiger partial charge < -0.3 is 15.1 Å². The van der Waals surface area contributed by atoms with Gasteiger partial charge in [-0.3, -0.25) is 4.57 Å². The second-order valence-corrected chi connectivity index (χ2v) is 4.48. The van der Waals surface area contributed by atoms with Crippen LogP contribution < -0.4 is 5.32 Å². The molecule has 0 bridgehead atoms. The average Bonchev–Trinajstić information content (AvgIpc) is 1.88. The smallest absolute Gasteiger partial charge is 0.324 e. The van der Waals surface area contributed by atoms with Crippen molar-refractivity contribution in [2.24, 2.45) is 0 Å². The zero-order chi connectivity index (χ0) is 7.61. The summed E-state index contributed by atoms with van der Waals surface area (Å²) >= 11 is 0. The fourth-order valence-electron chi connectivity index (χ4n) is 1.14. The van der Waals surface area contributed by atoms with Crippen LogP contribution in [0.4, 0.5) is 0 Å². The first kappa shape index (κ1) is 11.4. The number of rotatable bonds is 1. The van der Waals surface area contributed by atoms with Gasteiger partial charge in [-0.05, 0) is 25.9 Å². The second kappa shape index (κ2) is 4.43. The van der Waals surface area contributed by atoms with E-state index in [4.69, 9.17) is 9.79 Å². The molecule has 0 aromatic carbocycles. The summed E-state index contributed by atoms with van der Waals surface area (Å²) in [4.78, 5) is 17.5. The van der Waals surface area contributed by atoms with Crippen LogP contribution in [0.2, 0.25) is 0 Å². The Labute approximate surface area is 71.9 Å². The molecule has 11 heavy (non-hydrogen) atoms. The quantitative estimate of drug-likeness (QED) is 0.535. The molecule has 0 saturated carbocycles. The van der Waals surface area contributed by atoms with Crippen LogP contribution in [0.25, 0.3) is 0 Å². The molecule has 68 valence electrons. The molecule has 0 aromatic rings. The monoisotopic (exact) mass is 201 g/mol. The molecule has 1 rings (SSSR count). The van der Waals surface area contributed by atoms with Crippen molar-refractivity contribution in [2.75, 3.05) is 13.1 Å². The fourth-order valence-corrected chi connectivity index (χ4v) is 2.07. The van der Waals surface area contributed by atoms with Gasteiger partial charge in [0, 0.05) is 0 Å². The van der Waals surface area contributed by atoms with Crippen LogP contribution in [0.5, 0.6) is 0 Å². The minimum absolute atomic E-state index is 0. The van der Waals surface area contributed by atoms with E-state index in [2.05, 4.69) is 5.32 Å². The van der Waals surface area contributed by atoms with Gasteiger partial charge in [0.1, 0.15) is 0 Å². The topological polar surface area (TPSA) is 69.6 Å². The normalized spacial score (nSPS) is 20.9. The molecule has 0 amide bonds. The highest BCUT2D eigenvalue weighted by molar-refractivity contribution is 7.52. The number of hydrogen-bond acceptors (Lipinski definition) is 2. The number of hydrogen-bond donors (Lipinski definition) is 3. The Morgan fingerprint density at radius 3 is 2.00 bits per heavy atom. The van der Waals surface area contributed by atoms with E-state index in [9.17, 15) is 4.57 Å². The van der Waals surface area contributed by atoms with Crippen LogP contribution in [0.1, 0.15) is 12.8 Å². The van der Waals surface area contributed by atoms with Crippen molar-refractivity contribution in [3.63, 3.8) is 0 Å². The third-order valence-electron chi connectivity index (χ3n) is 1.78. The van der Waals surface area contributed by atoms with Crippen LogP contribution in [0.15, 0.2) is 0 Å². The lowest BCUT2D eigenvalue weighted by atomic mass is 10.2. The van der Waals surface area contributed by atoms with E-state index in [1.807, 2.05) is 0 Å². The largest absolute Gasteiger partial charge is 0.328 e. The zero-order valence-electron chi connectivity index (χ0n) is 6.06. The molecule has 4 nitrogen and oxygen atoms in total. The summed E-state index contributed by atoms with van der Waals surface area (Å²) in [6.07, 6.45) is 1.20. The molecule has 1 fully saturated rings. The van der Waals surface area contributed by atoms with Crippen molar-refractivity contribution in [3.05, 3.63) is 0 Å². The lowest BCUT2D eigenvalue weighted by molar-refractivity contribution is 0.340. The van der Waals surface area contributed by atoms with E-state index < -0.39 is 13.3 Å². The average molecular weight is 202 g/mol. The van der Waals surface area contributed by atoms with Crippen LogP contribution in [0.3, 0.4) is 0 Å². The second-order valence-electron chi connectivity index (χ2n) is 2.57. The van der Waals surface area contributed by atoms with E-state index in [1.165, 1.54) is 0 Å². The molecular weight excluding hydrogens is 188 g/mol. The maximum atomic E-state index is 10.7. The summed E-state index contributed by atoms with van der Waals surface area (Å²) in [6, 6.07) is 0. The molecule has 3 N–H and O–H groups in total. The highest BCUT2D eigenvalue weighted by Gasteiger charge is 2.29. The van der Waals surface area contributed by atoms with Gasteiger partial charge in [-0.15, -0.1) is 12.4 Å². The third-order valence-corrected chi connectivity index (χ3v) is 3.25. The lowest BCUT2D eigenvalue weighted by Crippen LogP contribution is -2.30. The maximum absolute atomic E-state index is 10.7. The number of piperidine rings is 1. The van der Waals surface area contributed by atoms with Gasteiger partial charge in [-0.2, -0.15) is 0 Å². The Morgan fingerprint density at radius 2 is 1.73 bits per heavy atom.